The number of allylic oxidation sites excluding steroid dienone is 2. The van der Waals surface area contributed by atoms with Crippen LogP contribution in [0, 0.1) is 30.1 Å². The third-order valence-corrected chi connectivity index (χ3v) is 4.05. The van der Waals surface area contributed by atoms with Gasteiger partial charge in [0.25, 0.3) is 0 Å². The molecule has 0 aliphatic heterocycles. The standard InChI is InChI=1S/C14H21N/c1-4-13(5-2)15-10(3)14-9-11-6-7-12(14)8-11/h1,6-7,10-15H,5,8-9H2,2-3H3. The largest absolute Gasteiger partial charge is 0.301 e. The lowest BCUT2D eigenvalue weighted by atomic mass is 9.87. The van der Waals surface area contributed by atoms with Gasteiger partial charge in [0, 0.05) is 6.04 Å². The predicted octanol–water partition coefficient (Wildman–Crippen LogP) is 2.59. The molecule has 0 heterocycles. The van der Waals surface area contributed by atoms with E-state index in [1.807, 2.05) is 0 Å². The lowest BCUT2D eigenvalue weighted by Gasteiger charge is -2.28. The monoisotopic (exact) mass is 203 g/mol. The Hall–Kier alpha value is -0.740. The highest BCUT2D eigenvalue weighted by Gasteiger charge is 2.38. The van der Waals surface area contributed by atoms with E-state index in [2.05, 4.69) is 37.2 Å². The van der Waals surface area contributed by atoms with Gasteiger partial charge in [0.2, 0.25) is 0 Å². The molecule has 5 unspecified atom stereocenters. The van der Waals surface area contributed by atoms with Crippen molar-refractivity contribution < 1.29 is 0 Å². The third-order valence-electron chi connectivity index (χ3n) is 4.05. The molecule has 0 aromatic rings. The van der Waals surface area contributed by atoms with Crippen LogP contribution in [0.1, 0.15) is 33.1 Å². The number of rotatable bonds is 4. The molecule has 0 aromatic heterocycles. The molecule has 0 spiro atoms. The molecule has 2 aliphatic rings. The maximum absolute atomic E-state index is 5.48. The van der Waals surface area contributed by atoms with Crippen LogP contribution in [-0.2, 0) is 0 Å². The average molecular weight is 203 g/mol. The molecular formula is C14H21N. The minimum atomic E-state index is 0.253. The van der Waals surface area contributed by atoms with Gasteiger partial charge in [0.05, 0.1) is 6.04 Å². The van der Waals surface area contributed by atoms with Gasteiger partial charge in [0.15, 0.2) is 0 Å². The van der Waals surface area contributed by atoms with Crippen LogP contribution < -0.4 is 5.32 Å². The maximum Gasteiger partial charge on any atom is 0.0686 e. The van der Waals surface area contributed by atoms with Crippen LogP contribution in [-0.4, -0.2) is 12.1 Å². The molecule has 2 bridgehead atoms. The highest BCUT2D eigenvalue weighted by molar-refractivity contribution is 5.12. The van der Waals surface area contributed by atoms with Crippen LogP contribution in [0.4, 0.5) is 0 Å². The Morgan fingerprint density at radius 1 is 1.47 bits per heavy atom. The van der Waals surface area contributed by atoms with Gasteiger partial charge >= 0.3 is 0 Å². The first-order valence-electron chi connectivity index (χ1n) is 6.15. The molecule has 5 atom stereocenters. The molecule has 0 amide bonds. The number of terminal acetylenes is 1. The molecule has 1 fully saturated rings. The molecule has 2 rings (SSSR count). The summed E-state index contributed by atoms with van der Waals surface area (Å²) in [6.45, 7) is 4.43. The van der Waals surface area contributed by atoms with Gasteiger partial charge in [0.1, 0.15) is 0 Å². The number of hydrogen-bond donors (Lipinski definition) is 1. The van der Waals surface area contributed by atoms with E-state index in [9.17, 15) is 0 Å². The second-order valence-electron chi connectivity index (χ2n) is 5.03. The van der Waals surface area contributed by atoms with Gasteiger partial charge in [-0.1, -0.05) is 25.0 Å². The second-order valence-corrected chi connectivity index (χ2v) is 5.03. The summed E-state index contributed by atoms with van der Waals surface area (Å²) in [7, 11) is 0. The fourth-order valence-electron chi connectivity index (χ4n) is 3.12. The third kappa shape index (κ3) is 2.11. The fraction of sp³-hybridized carbons (Fsp3) is 0.714. The van der Waals surface area contributed by atoms with E-state index in [0.717, 1.165) is 24.2 Å². The molecule has 1 heteroatoms. The zero-order valence-electron chi connectivity index (χ0n) is 9.74. The van der Waals surface area contributed by atoms with E-state index in [1.165, 1.54) is 12.8 Å². The minimum Gasteiger partial charge on any atom is -0.301 e. The molecule has 1 N–H and O–H groups in total. The van der Waals surface area contributed by atoms with Gasteiger partial charge < -0.3 is 5.32 Å². The summed E-state index contributed by atoms with van der Waals surface area (Å²) in [6.07, 6.45) is 14.0. The highest BCUT2D eigenvalue weighted by Crippen LogP contribution is 2.44. The van der Waals surface area contributed by atoms with Crippen LogP contribution in [0.25, 0.3) is 0 Å². The molecule has 1 saturated carbocycles. The molecule has 0 aromatic carbocycles. The molecule has 1 nitrogen and oxygen atoms in total. The van der Waals surface area contributed by atoms with Crippen molar-refractivity contribution in [1.29, 1.82) is 0 Å². The topological polar surface area (TPSA) is 12.0 Å². The average Bonchev–Trinajstić information content (AvgIpc) is 2.87. The Morgan fingerprint density at radius 3 is 2.73 bits per heavy atom. The van der Waals surface area contributed by atoms with Gasteiger partial charge in [-0.05, 0) is 43.9 Å². The number of nitrogens with one attached hydrogen (secondary N) is 1. The van der Waals surface area contributed by atoms with E-state index >= 15 is 0 Å². The Kier molecular flexibility index (Phi) is 3.17. The zero-order valence-corrected chi connectivity index (χ0v) is 9.74. The van der Waals surface area contributed by atoms with Crippen molar-refractivity contribution in [3.05, 3.63) is 12.2 Å². The smallest absolute Gasteiger partial charge is 0.0686 e. The number of hydrogen-bond acceptors (Lipinski definition) is 1. The molecule has 0 saturated heterocycles. The molecule has 2 aliphatic carbocycles. The zero-order chi connectivity index (χ0) is 10.8. The minimum absolute atomic E-state index is 0.253. The van der Waals surface area contributed by atoms with Crippen molar-refractivity contribution in [2.45, 2.75) is 45.2 Å². The van der Waals surface area contributed by atoms with Crippen molar-refractivity contribution in [3.8, 4) is 12.3 Å². The van der Waals surface area contributed by atoms with Gasteiger partial charge in [-0.3, -0.25) is 0 Å². The van der Waals surface area contributed by atoms with Gasteiger partial charge in [-0.25, -0.2) is 0 Å². The maximum atomic E-state index is 5.48. The van der Waals surface area contributed by atoms with Crippen LogP contribution in [0.5, 0.6) is 0 Å². The Labute approximate surface area is 93.3 Å². The van der Waals surface area contributed by atoms with E-state index in [-0.39, 0.29) is 6.04 Å². The number of fused-ring (bicyclic) bond motifs is 2. The summed E-state index contributed by atoms with van der Waals surface area (Å²) in [6, 6.07) is 0.814. The lowest BCUT2D eigenvalue weighted by molar-refractivity contribution is 0.314. The summed E-state index contributed by atoms with van der Waals surface area (Å²) >= 11 is 0. The highest BCUT2D eigenvalue weighted by atomic mass is 14.9. The van der Waals surface area contributed by atoms with E-state index in [0.29, 0.717) is 6.04 Å². The van der Waals surface area contributed by atoms with Crippen LogP contribution in [0.2, 0.25) is 0 Å². The van der Waals surface area contributed by atoms with Crippen molar-refractivity contribution in [3.63, 3.8) is 0 Å². The Balaban J connectivity index is 1.89. The normalized spacial score (nSPS) is 36.5. The van der Waals surface area contributed by atoms with E-state index in [4.69, 9.17) is 6.42 Å². The quantitative estimate of drug-likeness (QED) is 0.547. The predicted molar refractivity (Wildman–Crippen MR) is 64.4 cm³/mol. The molecule has 82 valence electrons. The first-order chi connectivity index (χ1) is 7.24. The van der Waals surface area contributed by atoms with E-state index < -0.39 is 0 Å². The first-order valence-corrected chi connectivity index (χ1v) is 6.15. The van der Waals surface area contributed by atoms with Crippen molar-refractivity contribution in [1.82, 2.24) is 5.32 Å². The van der Waals surface area contributed by atoms with Crippen molar-refractivity contribution in [2.24, 2.45) is 17.8 Å². The molecule has 0 radical (unpaired) electrons. The summed E-state index contributed by atoms with van der Waals surface area (Å²) in [4.78, 5) is 0. The van der Waals surface area contributed by atoms with Crippen LogP contribution >= 0.6 is 0 Å². The fourth-order valence-corrected chi connectivity index (χ4v) is 3.12. The van der Waals surface area contributed by atoms with Gasteiger partial charge in [-0.2, -0.15) is 0 Å². The summed E-state index contributed by atoms with van der Waals surface area (Å²) in [5.41, 5.74) is 0. The SMILES string of the molecule is C#CC(CC)NC(C)C1CC2C=CC1C2. The molecular weight excluding hydrogens is 182 g/mol. The van der Waals surface area contributed by atoms with Crippen molar-refractivity contribution in [2.75, 3.05) is 0 Å². The van der Waals surface area contributed by atoms with Crippen LogP contribution in [0.15, 0.2) is 12.2 Å². The lowest BCUT2D eigenvalue weighted by Crippen LogP contribution is -2.41. The summed E-state index contributed by atoms with van der Waals surface area (Å²) in [5.74, 6) is 5.30. The van der Waals surface area contributed by atoms with Gasteiger partial charge in [-0.15, -0.1) is 6.42 Å². The van der Waals surface area contributed by atoms with Crippen LogP contribution in [0.3, 0.4) is 0 Å². The Morgan fingerprint density at radius 2 is 2.27 bits per heavy atom. The first kappa shape index (κ1) is 10.8. The van der Waals surface area contributed by atoms with E-state index in [1.54, 1.807) is 0 Å². The second kappa shape index (κ2) is 4.41. The summed E-state index contributed by atoms with van der Waals surface area (Å²) in [5, 5.41) is 3.57. The molecule has 15 heavy (non-hydrogen) atoms. The summed E-state index contributed by atoms with van der Waals surface area (Å²) < 4.78 is 0. The Bertz CT molecular complexity index is 286. The van der Waals surface area contributed by atoms with Crippen molar-refractivity contribution >= 4 is 0 Å².